The second-order valence-electron chi connectivity index (χ2n) is 15.0. The first-order valence-electron chi connectivity index (χ1n) is 14.5. The third-order valence-electron chi connectivity index (χ3n) is 9.41. The second-order valence-corrected chi connectivity index (χ2v) is 24.6. The predicted octanol–water partition coefficient (Wildman–Crippen LogP) is 8.64. The molecular weight excluding hydrogens is 519 g/mol. The molecule has 0 saturated carbocycles. The number of hydrogen-bond donors (Lipinski definition) is 2. The van der Waals surface area contributed by atoms with Gasteiger partial charge in [-0.3, -0.25) is 4.79 Å². The van der Waals surface area contributed by atoms with Gasteiger partial charge in [-0.1, -0.05) is 93.5 Å². The maximum Gasteiger partial charge on any atom is 0.226 e. The van der Waals surface area contributed by atoms with E-state index in [1.165, 1.54) is 0 Å². The van der Waals surface area contributed by atoms with Gasteiger partial charge in [-0.25, -0.2) is 0 Å². The van der Waals surface area contributed by atoms with E-state index in [1.54, 1.807) is 0 Å². The summed E-state index contributed by atoms with van der Waals surface area (Å²) in [5, 5.41) is 15.0. The third-order valence-corrected chi connectivity index (χ3v) is 18.4. The Hall–Kier alpha value is -1.26. The molecule has 224 valence electrons. The molecule has 0 aromatic heterocycles. The molecule has 5 atom stereocenters. The van der Waals surface area contributed by atoms with E-state index in [0.717, 1.165) is 5.69 Å². The Balaban J connectivity index is 3.41. The van der Waals surface area contributed by atoms with Gasteiger partial charge in [0.25, 0.3) is 0 Å². The molecule has 0 fully saturated rings. The number of hydrogen-bond acceptors (Lipinski definition) is 4. The van der Waals surface area contributed by atoms with Gasteiger partial charge in [0, 0.05) is 17.0 Å². The summed E-state index contributed by atoms with van der Waals surface area (Å²) in [4.78, 5) is 13.3. The molecule has 0 unspecified atom stereocenters. The summed E-state index contributed by atoms with van der Waals surface area (Å²) in [7, 11) is -4.39. The van der Waals surface area contributed by atoms with Crippen LogP contribution in [-0.4, -0.2) is 46.0 Å². The van der Waals surface area contributed by atoms with Crippen molar-refractivity contribution in [3.05, 3.63) is 43.0 Å². The van der Waals surface area contributed by atoms with E-state index < -0.39 is 34.3 Å². The van der Waals surface area contributed by atoms with Crippen molar-refractivity contribution in [3.63, 3.8) is 0 Å². The van der Waals surface area contributed by atoms with Crippen molar-refractivity contribution < 1.29 is 18.8 Å². The van der Waals surface area contributed by atoms with Gasteiger partial charge in [0.05, 0.1) is 24.7 Å². The van der Waals surface area contributed by atoms with E-state index in [-0.39, 0.29) is 40.3 Å². The van der Waals surface area contributed by atoms with Crippen molar-refractivity contribution in [2.45, 2.75) is 130 Å². The van der Waals surface area contributed by atoms with Gasteiger partial charge in [0.1, 0.15) is 0 Å². The molecule has 0 aliphatic rings. The second kappa shape index (κ2) is 13.2. The number of rotatable bonds is 13. The van der Waals surface area contributed by atoms with Crippen LogP contribution in [0.15, 0.2) is 43.0 Å². The first-order valence-corrected chi connectivity index (χ1v) is 20.3. The normalized spacial score (nSPS) is 17.6. The van der Waals surface area contributed by atoms with Crippen LogP contribution < -0.4 is 5.32 Å². The van der Waals surface area contributed by atoms with Crippen LogP contribution in [0.4, 0.5) is 5.69 Å². The Labute approximate surface area is 242 Å². The van der Waals surface area contributed by atoms with Crippen LogP contribution in [0, 0.1) is 17.3 Å². The van der Waals surface area contributed by atoms with Crippen LogP contribution in [0.5, 0.6) is 0 Å². The fourth-order valence-electron chi connectivity index (χ4n) is 4.28. The minimum atomic E-state index is -2.27. The molecule has 1 amide bonds. The van der Waals surface area contributed by atoms with Crippen molar-refractivity contribution in [1.82, 2.24) is 0 Å². The first-order chi connectivity index (χ1) is 17.5. The molecule has 0 aliphatic heterocycles. The number of benzene rings is 1. The zero-order valence-corrected chi connectivity index (χ0v) is 29.4. The van der Waals surface area contributed by atoms with Crippen LogP contribution in [-0.2, 0) is 13.6 Å². The van der Waals surface area contributed by atoms with Crippen LogP contribution in [0.3, 0.4) is 0 Å². The van der Waals surface area contributed by atoms with Crippen LogP contribution >= 0.6 is 0 Å². The predicted molar refractivity (Wildman–Crippen MR) is 172 cm³/mol. The molecule has 7 heteroatoms. The lowest BCUT2D eigenvalue weighted by molar-refractivity contribution is -0.125. The molecule has 0 aliphatic carbocycles. The summed E-state index contributed by atoms with van der Waals surface area (Å²) in [5.41, 5.74) is 0.0294. The van der Waals surface area contributed by atoms with E-state index in [0.29, 0.717) is 0 Å². The molecule has 39 heavy (non-hydrogen) atoms. The zero-order chi connectivity index (χ0) is 30.6. The Bertz CT molecular complexity index is 932. The standard InChI is InChI=1S/C32H59NO4Si2/c1-16-23(2)28(37-39(14,15)31(7,8)9)24(3)29(35)32(10,11)26(36-38(12,13)30(4,5)6)22-27(34)33-25-20-18-17-19-21-25/h16-21,23-24,26,28-29,35H,1,22H2,2-15H3,(H,33,34)/t23-,24+,26-,28-,29-/m0/s1. The van der Waals surface area contributed by atoms with Gasteiger partial charge < -0.3 is 19.3 Å². The summed E-state index contributed by atoms with van der Waals surface area (Å²) in [6.07, 6.45) is 0.624. The van der Waals surface area contributed by atoms with Gasteiger partial charge in [0.2, 0.25) is 5.91 Å². The van der Waals surface area contributed by atoms with Crippen molar-refractivity contribution in [2.24, 2.45) is 17.3 Å². The molecule has 0 saturated heterocycles. The highest BCUT2D eigenvalue weighted by Crippen LogP contribution is 2.45. The quantitative estimate of drug-likeness (QED) is 0.182. The smallest absolute Gasteiger partial charge is 0.226 e. The number of anilines is 1. The fraction of sp³-hybridized carbons (Fsp3) is 0.719. The highest BCUT2D eigenvalue weighted by Gasteiger charge is 2.49. The Morgan fingerprint density at radius 1 is 0.923 bits per heavy atom. The monoisotopic (exact) mass is 577 g/mol. The summed E-state index contributed by atoms with van der Waals surface area (Å²) in [5.74, 6) is -0.267. The lowest BCUT2D eigenvalue weighted by atomic mass is 9.72. The Kier molecular flexibility index (Phi) is 12.1. The third kappa shape index (κ3) is 9.39. The molecule has 1 aromatic carbocycles. The summed E-state index contributed by atoms with van der Waals surface area (Å²) >= 11 is 0. The molecule has 0 radical (unpaired) electrons. The number of para-hydroxylation sites is 1. The van der Waals surface area contributed by atoms with Gasteiger partial charge in [-0.2, -0.15) is 0 Å². The number of nitrogens with one attached hydrogen (secondary N) is 1. The fourth-order valence-corrected chi connectivity index (χ4v) is 7.20. The van der Waals surface area contributed by atoms with Crippen molar-refractivity contribution in [3.8, 4) is 0 Å². The average Bonchev–Trinajstić information content (AvgIpc) is 2.79. The van der Waals surface area contributed by atoms with Gasteiger partial charge >= 0.3 is 0 Å². The van der Waals surface area contributed by atoms with Crippen molar-refractivity contribution >= 4 is 28.2 Å². The Morgan fingerprint density at radius 2 is 1.38 bits per heavy atom. The molecule has 5 nitrogen and oxygen atoms in total. The van der Waals surface area contributed by atoms with Crippen LogP contribution in [0.2, 0.25) is 36.3 Å². The SMILES string of the molecule is C=C[C@H](C)[C@H](O[Si](C)(C)C(C)(C)C)[C@@H](C)[C@H](O)C(C)(C)[C@H](CC(=O)Nc1ccccc1)O[Si](C)(C)C(C)(C)C. The Morgan fingerprint density at radius 3 is 1.82 bits per heavy atom. The average molecular weight is 578 g/mol. The summed E-state index contributed by atoms with van der Waals surface area (Å²) < 4.78 is 13.9. The van der Waals surface area contributed by atoms with E-state index >= 15 is 0 Å². The minimum Gasteiger partial charge on any atom is -0.413 e. The number of aliphatic hydroxyl groups excluding tert-OH is 1. The first kappa shape index (κ1) is 35.8. The molecular formula is C32H59NO4Si2. The van der Waals surface area contributed by atoms with Crippen molar-refractivity contribution in [1.29, 1.82) is 0 Å². The largest absolute Gasteiger partial charge is 0.413 e. The van der Waals surface area contributed by atoms with E-state index in [4.69, 9.17) is 8.85 Å². The molecule has 0 spiro atoms. The lowest BCUT2D eigenvalue weighted by Gasteiger charge is -2.49. The van der Waals surface area contributed by atoms with E-state index in [2.05, 4.69) is 93.5 Å². The van der Waals surface area contributed by atoms with Crippen LogP contribution in [0.25, 0.3) is 0 Å². The number of aliphatic hydroxyl groups is 1. The van der Waals surface area contributed by atoms with Gasteiger partial charge in [-0.05, 0) is 54.3 Å². The number of carbonyl (C=O) groups excluding carboxylic acids is 1. The molecule has 1 aromatic rings. The topological polar surface area (TPSA) is 67.8 Å². The van der Waals surface area contributed by atoms with Crippen LogP contribution in [0.1, 0.15) is 75.7 Å². The highest BCUT2D eigenvalue weighted by atomic mass is 28.4. The van der Waals surface area contributed by atoms with E-state index in [1.807, 2.05) is 50.3 Å². The molecule has 2 N–H and O–H groups in total. The maximum absolute atomic E-state index is 13.3. The number of carbonyl (C=O) groups is 1. The lowest BCUT2D eigenvalue weighted by Crippen LogP contribution is -2.56. The summed E-state index contributed by atoms with van der Waals surface area (Å²) in [6.45, 7) is 34.5. The molecule has 0 heterocycles. The van der Waals surface area contributed by atoms with E-state index in [9.17, 15) is 9.90 Å². The zero-order valence-electron chi connectivity index (χ0n) is 27.4. The maximum atomic E-state index is 13.3. The van der Waals surface area contributed by atoms with Crippen molar-refractivity contribution in [2.75, 3.05) is 5.32 Å². The minimum absolute atomic E-state index is 0.0375. The van der Waals surface area contributed by atoms with Gasteiger partial charge in [-0.15, -0.1) is 6.58 Å². The highest BCUT2D eigenvalue weighted by molar-refractivity contribution is 6.74. The number of amides is 1. The van der Waals surface area contributed by atoms with Gasteiger partial charge in [0.15, 0.2) is 16.6 Å². The summed E-state index contributed by atoms with van der Waals surface area (Å²) in [6, 6.07) is 9.48. The molecule has 0 bridgehead atoms. The molecule has 1 rings (SSSR count).